The molecule has 3 aliphatic heterocycles. The fourth-order valence-corrected chi connectivity index (χ4v) is 6.59. The second-order valence-corrected chi connectivity index (χ2v) is 12.9. The summed E-state index contributed by atoms with van der Waals surface area (Å²) in [7, 11) is 0. The first-order chi connectivity index (χ1) is 25.0. The minimum absolute atomic E-state index is 0.00955. The molecule has 0 aromatic heterocycles. The molecule has 11 atom stereocenters. The zero-order chi connectivity index (χ0) is 35.0. The van der Waals surface area contributed by atoms with E-state index in [1.165, 1.54) is 0 Å². The number of benzene rings is 4. The Morgan fingerprint density at radius 2 is 1.12 bits per heavy atom. The Labute approximate surface area is 297 Å². The van der Waals surface area contributed by atoms with Gasteiger partial charge in [-0.05, 0) is 16.7 Å². The summed E-state index contributed by atoms with van der Waals surface area (Å²) in [6.07, 6.45) is -11.7. The predicted octanol–water partition coefficient (Wildman–Crippen LogP) is 4.04. The molecule has 0 radical (unpaired) electrons. The van der Waals surface area contributed by atoms with Crippen LogP contribution in [0.4, 0.5) is 0 Å². The van der Waals surface area contributed by atoms with Gasteiger partial charge in [0.05, 0.1) is 33.0 Å². The summed E-state index contributed by atoms with van der Waals surface area (Å²) in [6, 6.07) is 38.2. The van der Waals surface area contributed by atoms with Crippen molar-refractivity contribution in [2.75, 3.05) is 13.2 Å². The largest absolute Gasteiger partial charge is 0.387 e. The summed E-state index contributed by atoms with van der Waals surface area (Å²) in [5.74, 6) is 0. The fraction of sp³-hybridized carbons (Fsp3) is 0.400. The van der Waals surface area contributed by atoms with Crippen LogP contribution in [-0.2, 0) is 57.7 Å². The van der Waals surface area contributed by atoms with E-state index in [0.29, 0.717) is 0 Å². The third-order valence-corrected chi connectivity index (χ3v) is 9.27. The molecule has 0 spiro atoms. The van der Waals surface area contributed by atoms with Crippen LogP contribution in [0.15, 0.2) is 121 Å². The Morgan fingerprint density at radius 1 is 0.569 bits per heavy atom. The van der Waals surface area contributed by atoms with Gasteiger partial charge in [0, 0.05) is 5.56 Å². The summed E-state index contributed by atoms with van der Waals surface area (Å²) < 4.78 is 49.9. The highest BCUT2D eigenvalue weighted by Crippen LogP contribution is 2.37. The van der Waals surface area contributed by atoms with Gasteiger partial charge in [-0.1, -0.05) is 121 Å². The molecule has 4 aromatic rings. The molecule has 4 aromatic carbocycles. The van der Waals surface area contributed by atoms with Crippen LogP contribution < -0.4 is 0 Å². The Hall–Kier alpha value is -3.56. The first-order valence-electron chi connectivity index (χ1n) is 17.3. The number of aliphatic hydroxyl groups is 3. The highest BCUT2D eigenvalue weighted by atomic mass is 16.8. The van der Waals surface area contributed by atoms with Gasteiger partial charge in [-0.3, -0.25) is 0 Å². The maximum Gasteiger partial charge on any atom is 0.187 e. The van der Waals surface area contributed by atoms with E-state index in [-0.39, 0.29) is 33.0 Å². The number of rotatable bonds is 13. The molecule has 3 fully saturated rings. The normalized spacial score (nSPS) is 32.3. The Kier molecular flexibility index (Phi) is 12.2. The van der Waals surface area contributed by atoms with Gasteiger partial charge in [-0.15, -0.1) is 0 Å². The van der Waals surface area contributed by atoms with Crippen molar-refractivity contribution < 1.29 is 53.2 Å². The summed E-state index contributed by atoms with van der Waals surface area (Å²) in [5, 5.41) is 34.2. The third-order valence-electron chi connectivity index (χ3n) is 9.27. The molecule has 1 unspecified atom stereocenters. The Bertz CT molecular complexity index is 1600. The molecule has 3 aliphatic rings. The van der Waals surface area contributed by atoms with Crippen molar-refractivity contribution in [3.63, 3.8) is 0 Å². The topological polar surface area (TPSA) is 135 Å². The second kappa shape index (κ2) is 17.3. The smallest absolute Gasteiger partial charge is 0.187 e. The van der Waals surface area contributed by atoms with Crippen molar-refractivity contribution in [3.05, 3.63) is 144 Å². The van der Waals surface area contributed by atoms with Gasteiger partial charge in [0.15, 0.2) is 18.9 Å². The highest BCUT2D eigenvalue weighted by molar-refractivity contribution is 5.18. The van der Waals surface area contributed by atoms with Crippen LogP contribution in [0.1, 0.15) is 28.5 Å². The molecule has 3 saturated heterocycles. The van der Waals surface area contributed by atoms with Gasteiger partial charge in [0.1, 0.15) is 48.8 Å². The maximum absolute atomic E-state index is 11.4. The van der Waals surface area contributed by atoms with Gasteiger partial charge in [-0.25, -0.2) is 0 Å². The summed E-state index contributed by atoms with van der Waals surface area (Å²) >= 11 is 0. The van der Waals surface area contributed by atoms with Gasteiger partial charge in [0.25, 0.3) is 0 Å². The van der Waals surface area contributed by atoms with Crippen molar-refractivity contribution in [1.29, 1.82) is 0 Å². The van der Waals surface area contributed by atoms with E-state index >= 15 is 0 Å². The predicted molar refractivity (Wildman–Crippen MR) is 183 cm³/mol. The molecule has 3 N–H and O–H groups in total. The molecule has 11 heteroatoms. The standard InChI is InChI=1S/C40H44O11/c41-32-33(42)40(49-31-25-47-39(50-34(31)32)29-19-11-4-12-20-29)51-35-30(24-44-21-26-13-5-1-6-14-26)48-38(43)37(46-23-28-17-9-3-10-18-28)36(35)45-22-27-15-7-2-8-16-27/h1-20,30-43H,21-25H2/t30-,31-,32-,33-,34+,35-,36+,37-,38-,39?,40+/m1/s1. The lowest BCUT2D eigenvalue weighted by atomic mass is 9.96. The Balaban J connectivity index is 1.13. The monoisotopic (exact) mass is 700 g/mol. The molecule has 3 heterocycles. The molecule has 0 bridgehead atoms. The van der Waals surface area contributed by atoms with Crippen LogP contribution >= 0.6 is 0 Å². The van der Waals surface area contributed by atoms with Gasteiger partial charge < -0.3 is 53.2 Å². The molecule has 0 aliphatic carbocycles. The average Bonchev–Trinajstić information content (AvgIpc) is 3.18. The van der Waals surface area contributed by atoms with E-state index < -0.39 is 67.7 Å². The highest BCUT2D eigenvalue weighted by Gasteiger charge is 2.54. The third kappa shape index (κ3) is 8.91. The zero-order valence-electron chi connectivity index (χ0n) is 28.0. The van der Waals surface area contributed by atoms with Crippen LogP contribution in [0.25, 0.3) is 0 Å². The molecule has 270 valence electrons. The van der Waals surface area contributed by atoms with Crippen LogP contribution in [-0.4, -0.2) is 89.9 Å². The lowest BCUT2D eigenvalue weighted by molar-refractivity contribution is -0.388. The molecule has 0 amide bonds. The van der Waals surface area contributed by atoms with Gasteiger partial charge in [0.2, 0.25) is 0 Å². The van der Waals surface area contributed by atoms with Crippen molar-refractivity contribution in [2.45, 2.75) is 87.5 Å². The fourth-order valence-electron chi connectivity index (χ4n) is 6.59. The maximum atomic E-state index is 11.4. The van der Waals surface area contributed by atoms with Crippen LogP contribution in [0.5, 0.6) is 0 Å². The lowest BCUT2D eigenvalue weighted by Crippen LogP contribution is -2.66. The minimum atomic E-state index is -1.50. The number of fused-ring (bicyclic) bond motifs is 1. The molecule has 11 nitrogen and oxygen atoms in total. The molecule has 51 heavy (non-hydrogen) atoms. The first-order valence-corrected chi connectivity index (χ1v) is 17.3. The summed E-state index contributed by atoms with van der Waals surface area (Å²) in [6.45, 7) is 0.727. The van der Waals surface area contributed by atoms with E-state index in [0.717, 1.165) is 22.3 Å². The van der Waals surface area contributed by atoms with Crippen LogP contribution in [0, 0.1) is 0 Å². The van der Waals surface area contributed by atoms with Gasteiger partial charge >= 0.3 is 0 Å². The minimum Gasteiger partial charge on any atom is -0.387 e. The van der Waals surface area contributed by atoms with Gasteiger partial charge in [-0.2, -0.15) is 0 Å². The van der Waals surface area contributed by atoms with E-state index in [2.05, 4.69) is 0 Å². The second-order valence-electron chi connectivity index (χ2n) is 12.9. The zero-order valence-corrected chi connectivity index (χ0v) is 28.0. The SMILES string of the molecule is O[C@@H]1[C@@H](O)[C@H](O[C@H]2[C@H](OCc3ccccc3)[C@@H](OCc3ccccc3)[C@H](O)O[C@@H]2COCc2ccccc2)O[C@@H]2COC(c3ccccc3)O[C@H]12. The van der Waals surface area contributed by atoms with E-state index in [9.17, 15) is 15.3 Å². The van der Waals surface area contributed by atoms with E-state index in [1.54, 1.807) is 0 Å². The average molecular weight is 701 g/mol. The number of aliphatic hydroxyl groups excluding tert-OH is 3. The molecule has 0 saturated carbocycles. The summed E-state index contributed by atoms with van der Waals surface area (Å²) in [4.78, 5) is 0. The van der Waals surface area contributed by atoms with Crippen LogP contribution in [0.2, 0.25) is 0 Å². The van der Waals surface area contributed by atoms with Crippen molar-refractivity contribution in [1.82, 2.24) is 0 Å². The Morgan fingerprint density at radius 3 is 1.73 bits per heavy atom. The number of hydrogen-bond acceptors (Lipinski definition) is 11. The first kappa shape index (κ1) is 35.8. The number of hydrogen-bond donors (Lipinski definition) is 3. The lowest BCUT2D eigenvalue weighted by Gasteiger charge is -2.49. The van der Waals surface area contributed by atoms with Crippen molar-refractivity contribution in [2.24, 2.45) is 0 Å². The molecular formula is C40H44O11. The van der Waals surface area contributed by atoms with Crippen molar-refractivity contribution >= 4 is 0 Å². The number of ether oxygens (including phenoxy) is 8. The van der Waals surface area contributed by atoms with Crippen LogP contribution in [0.3, 0.4) is 0 Å². The van der Waals surface area contributed by atoms with E-state index in [1.807, 2.05) is 121 Å². The van der Waals surface area contributed by atoms with E-state index in [4.69, 9.17) is 37.9 Å². The van der Waals surface area contributed by atoms with Crippen molar-refractivity contribution in [3.8, 4) is 0 Å². The summed E-state index contributed by atoms with van der Waals surface area (Å²) in [5.41, 5.74) is 3.53. The molecule has 7 rings (SSSR count). The molecular weight excluding hydrogens is 656 g/mol. The quantitative estimate of drug-likeness (QED) is 0.187.